The van der Waals surface area contributed by atoms with E-state index in [1.54, 1.807) is 13.8 Å². The van der Waals surface area contributed by atoms with Gasteiger partial charge >= 0.3 is 5.97 Å². The maximum Gasteiger partial charge on any atom is 0.311 e. The molecule has 7 nitrogen and oxygen atoms in total. The van der Waals surface area contributed by atoms with Crippen LogP contribution in [-0.4, -0.2) is 56.0 Å². The van der Waals surface area contributed by atoms with Gasteiger partial charge in [0.15, 0.2) is 9.84 Å². The molecule has 0 saturated carbocycles. The van der Waals surface area contributed by atoms with Crippen molar-refractivity contribution in [2.45, 2.75) is 39.2 Å². The molecular formula is C13H24N2O5S. The van der Waals surface area contributed by atoms with Crippen molar-refractivity contribution < 1.29 is 23.1 Å². The Labute approximate surface area is 125 Å². The van der Waals surface area contributed by atoms with Crippen LogP contribution in [0.15, 0.2) is 0 Å². The standard InChI is InChI=1S/C13H24N2O5S/c1-3-13(4-2,12(17)18)9-15-11(16)7-10-8-21(19,20)6-5-14-10/h10,14H,3-9H2,1-2H3,(H,15,16)(H,17,18). The lowest BCUT2D eigenvalue weighted by Gasteiger charge is -2.28. The van der Waals surface area contributed by atoms with Crippen LogP contribution in [-0.2, 0) is 19.4 Å². The molecular weight excluding hydrogens is 296 g/mol. The Hall–Kier alpha value is -1.15. The maximum absolute atomic E-state index is 11.9. The smallest absolute Gasteiger partial charge is 0.311 e. The first kappa shape index (κ1) is 17.9. The number of hydrogen-bond donors (Lipinski definition) is 3. The highest BCUT2D eigenvalue weighted by atomic mass is 32.2. The predicted octanol–water partition coefficient (Wildman–Crippen LogP) is -0.230. The van der Waals surface area contributed by atoms with E-state index < -0.39 is 27.3 Å². The summed E-state index contributed by atoms with van der Waals surface area (Å²) >= 11 is 0. The first-order chi connectivity index (χ1) is 9.74. The number of amides is 1. The molecule has 0 radical (unpaired) electrons. The van der Waals surface area contributed by atoms with E-state index in [0.717, 1.165) is 0 Å². The van der Waals surface area contributed by atoms with Crippen LogP contribution >= 0.6 is 0 Å². The van der Waals surface area contributed by atoms with E-state index in [2.05, 4.69) is 10.6 Å². The minimum Gasteiger partial charge on any atom is -0.481 e. The van der Waals surface area contributed by atoms with Gasteiger partial charge in [-0.05, 0) is 12.8 Å². The van der Waals surface area contributed by atoms with E-state index in [-0.39, 0.29) is 30.4 Å². The third kappa shape index (κ3) is 4.96. The maximum atomic E-state index is 11.9. The van der Waals surface area contributed by atoms with Gasteiger partial charge in [-0.2, -0.15) is 0 Å². The van der Waals surface area contributed by atoms with Gasteiger partial charge in [0.2, 0.25) is 5.91 Å². The van der Waals surface area contributed by atoms with Crippen LogP contribution in [0.5, 0.6) is 0 Å². The first-order valence-corrected chi connectivity index (χ1v) is 9.00. The predicted molar refractivity (Wildman–Crippen MR) is 78.7 cm³/mol. The third-order valence-corrected chi connectivity index (χ3v) is 5.90. The molecule has 0 aromatic heterocycles. The number of sulfone groups is 1. The highest BCUT2D eigenvalue weighted by molar-refractivity contribution is 7.91. The van der Waals surface area contributed by atoms with Gasteiger partial charge < -0.3 is 15.7 Å². The van der Waals surface area contributed by atoms with Crippen LogP contribution in [0.3, 0.4) is 0 Å². The van der Waals surface area contributed by atoms with Crippen LogP contribution in [0, 0.1) is 5.41 Å². The molecule has 1 atom stereocenters. The summed E-state index contributed by atoms with van der Waals surface area (Å²) in [7, 11) is -3.08. The minimum absolute atomic E-state index is 0.0440. The first-order valence-electron chi connectivity index (χ1n) is 7.18. The molecule has 1 unspecified atom stereocenters. The van der Waals surface area contributed by atoms with Gasteiger partial charge in [0, 0.05) is 25.6 Å². The summed E-state index contributed by atoms with van der Waals surface area (Å²) in [5.41, 5.74) is -0.957. The number of rotatable bonds is 7. The monoisotopic (exact) mass is 320 g/mol. The summed E-state index contributed by atoms with van der Waals surface area (Å²) in [5.74, 6) is -1.20. The lowest BCUT2D eigenvalue weighted by atomic mass is 9.82. The summed E-state index contributed by atoms with van der Waals surface area (Å²) in [6, 6.07) is -0.397. The Morgan fingerprint density at radius 2 is 1.95 bits per heavy atom. The van der Waals surface area contributed by atoms with E-state index in [4.69, 9.17) is 0 Å². The van der Waals surface area contributed by atoms with Crippen LogP contribution in [0.1, 0.15) is 33.1 Å². The Kier molecular flexibility index (Phi) is 6.15. The quantitative estimate of drug-likeness (QED) is 0.597. The molecule has 8 heteroatoms. The molecule has 0 aromatic carbocycles. The Balaban J connectivity index is 2.52. The van der Waals surface area contributed by atoms with Crippen LogP contribution < -0.4 is 10.6 Å². The zero-order valence-corrected chi connectivity index (χ0v) is 13.3. The lowest BCUT2D eigenvalue weighted by Crippen LogP contribution is -2.48. The van der Waals surface area contributed by atoms with Crippen molar-refractivity contribution in [3.8, 4) is 0 Å². The molecule has 1 rings (SSSR count). The average molecular weight is 320 g/mol. The Morgan fingerprint density at radius 1 is 1.33 bits per heavy atom. The van der Waals surface area contributed by atoms with Gasteiger partial charge in [-0.3, -0.25) is 9.59 Å². The molecule has 1 aliphatic rings. The van der Waals surface area contributed by atoms with Crippen molar-refractivity contribution in [1.82, 2.24) is 10.6 Å². The van der Waals surface area contributed by atoms with E-state index >= 15 is 0 Å². The summed E-state index contributed by atoms with van der Waals surface area (Å²) in [5, 5.41) is 14.9. The molecule has 21 heavy (non-hydrogen) atoms. The number of carboxylic acids is 1. The Morgan fingerprint density at radius 3 is 2.43 bits per heavy atom. The van der Waals surface area contributed by atoms with Gasteiger partial charge in [-0.15, -0.1) is 0 Å². The fourth-order valence-corrected chi connectivity index (χ4v) is 3.88. The third-order valence-electron chi connectivity index (χ3n) is 4.16. The highest BCUT2D eigenvalue weighted by Gasteiger charge is 2.35. The van der Waals surface area contributed by atoms with Crippen molar-refractivity contribution in [1.29, 1.82) is 0 Å². The topological polar surface area (TPSA) is 113 Å². The van der Waals surface area contributed by atoms with Crippen LogP contribution in [0.25, 0.3) is 0 Å². The van der Waals surface area contributed by atoms with E-state index in [0.29, 0.717) is 19.4 Å². The van der Waals surface area contributed by atoms with Crippen molar-refractivity contribution in [2.75, 3.05) is 24.6 Å². The molecule has 0 aromatic rings. The number of carbonyl (C=O) groups is 2. The average Bonchev–Trinajstić information content (AvgIpc) is 2.39. The molecule has 1 amide bonds. The Bertz CT molecular complexity index is 485. The van der Waals surface area contributed by atoms with E-state index in [1.165, 1.54) is 0 Å². The molecule has 1 saturated heterocycles. The molecule has 3 N–H and O–H groups in total. The van der Waals surface area contributed by atoms with Crippen molar-refractivity contribution in [3.05, 3.63) is 0 Å². The number of aliphatic carboxylic acids is 1. The molecule has 0 bridgehead atoms. The largest absolute Gasteiger partial charge is 0.481 e. The second kappa shape index (κ2) is 7.22. The van der Waals surface area contributed by atoms with Gasteiger partial charge in [0.25, 0.3) is 0 Å². The zero-order chi connectivity index (χ0) is 16.1. The number of hydrogen-bond acceptors (Lipinski definition) is 5. The fourth-order valence-electron chi connectivity index (χ4n) is 2.44. The molecule has 1 fully saturated rings. The van der Waals surface area contributed by atoms with Gasteiger partial charge in [-0.1, -0.05) is 13.8 Å². The van der Waals surface area contributed by atoms with Crippen LogP contribution in [0.4, 0.5) is 0 Å². The van der Waals surface area contributed by atoms with E-state index in [9.17, 15) is 23.1 Å². The summed E-state index contributed by atoms with van der Waals surface area (Å²) < 4.78 is 23.0. The molecule has 1 heterocycles. The van der Waals surface area contributed by atoms with Crippen molar-refractivity contribution in [3.63, 3.8) is 0 Å². The normalized spacial score (nSPS) is 21.7. The van der Waals surface area contributed by atoms with E-state index in [1.807, 2.05) is 0 Å². The lowest BCUT2D eigenvalue weighted by molar-refractivity contribution is -0.149. The van der Waals surface area contributed by atoms with Gasteiger partial charge in [-0.25, -0.2) is 8.42 Å². The summed E-state index contributed by atoms with van der Waals surface area (Å²) in [4.78, 5) is 23.2. The molecule has 0 spiro atoms. The van der Waals surface area contributed by atoms with Crippen molar-refractivity contribution >= 4 is 21.7 Å². The summed E-state index contributed by atoms with van der Waals surface area (Å²) in [6.45, 7) is 3.97. The number of nitrogens with one attached hydrogen (secondary N) is 2. The SMILES string of the molecule is CCC(CC)(CNC(=O)CC1CS(=O)(=O)CCN1)C(=O)O. The summed E-state index contributed by atoms with van der Waals surface area (Å²) in [6.07, 6.45) is 0.896. The minimum atomic E-state index is -3.08. The van der Waals surface area contributed by atoms with Crippen molar-refractivity contribution in [2.24, 2.45) is 5.41 Å². The number of carbonyl (C=O) groups excluding carboxylic acids is 1. The van der Waals surface area contributed by atoms with Gasteiger partial charge in [0.1, 0.15) is 0 Å². The number of carboxylic acid groups (broad SMARTS) is 1. The highest BCUT2D eigenvalue weighted by Crippen LogP contribution is 2.25. The fraction of sp³-hybridized carbons (Fsp3) is 0.846. The second-order valence-electron chi connectivity index (χ2n) is 5.54. The molecule has 0 aliphatic carbocycles. The second-order valence-corrected chi connectivity index (χ2v) is 7.77. The molecule has 122 valence electrons. The van der Waals surface area contributed by atoms with Gasteiger partial charge in [0.05, 0.1) is 16.9 Å². The zero-order valence-electron chi connectivity index (χ0n) is 12.5. The van der Waals surface area contributed by atoms with Crippen LogP contribution in [0.2, 0.25) is 0 Å². The molecule has 1 aliphatic heterocycles.